The Morgan fingerprint density at radius 3 is 2.46 bits per heavy atom. The van der Waals surface area contributed by atoms with E-state index in [9.17, 15) is 0 Å². The average Bonchev–Trinajstić information content (AvgIpc) is 2.09. The maximum atomic E-state index is 5.64. The van der Waals surface area contributed by atoms with Gasteiger partial charge in [0, 0.05) is 5.56 Å². The maximum absolute atomic E-state index is 5.64. The molecular weight excluding hydrogens is 162 g/mol. The van der Waals surface area contributed by atoms with E-state index in [0.29, 0.717) is 17.9 Å². The van der Waals surface area contributed by atoms with Gasteiger partial charge in [0.05, 0.1) is 17.9 Å². The summed E-state index contributed by atoms with van der Waals surface area (Å²) in [5, 5.41) is 0. The van der Waals surface area contributed by atoms with Crippen LogP contribution in [0, 0.1) is 18.8 Å². The molecule has 0 bridgehead atoms. The predicted molar refractivity (Wildman–Crippen MR) is 55.9 cm³/mol. The Labute approximate surface area is 77.9 Å². The number of rotatable bonds is 0. The van der Waals surface area contributed by atoms with Gasteiger partial charge in [-0.1, -0.05) is 11.8 Å². The summed E-state index contributed by atoms with van der Waals surface area (Å²) in [7, 11) is 0. The SMILES string of the molecule is Cc1cc(N)c(N)cc1C#CCN. The Morgan fingerprint density at radius 2 is 1.85 bits per heavy atom. The number of hydrogen-bond donors (Lipinski definition) is 3. The van der Waals surface area contributed by atoms with Crippen LogP contribution in [0.15, 0.2) is 12.1 Å². The van der Waals surface area contributed by atoms with Crippen molar-refractivity contribution in [3.8, 4) is 11.8 Å². The highest BCUT2D eigenvalue weighted by Crippen LogP contribution is 2.19. The lowest BCUT2D eigenvalue weighted by Crippen LogP contribution is -1.97. The quantitative estimate of drug-likeness (QED) is 0.396. The highest BCUT2D eigenvalue weighted by molar-refractivity contribution is 5.67. The van der Waals surface area contributed by atoms with Crippen LogP contribution < -0.4 is 17.2 Å². The Hall–Kier alpha value is -1.66. The van der Waals surface area contributed by atoms with Crippen molar-refractivity contribution < 1.29 is 0 Å². The van der Waals surface area contributed by atoms with Crippen molar-refractivity contribution in [3.63, 3.8) is 0 Å². The number of benzene rings is 1. The molecule has 0 unspecified atom stereocenters. The molecule has 3 nitrogen and oxygen atoms in total. The van der Waals surface area contributed by atoms with Gasteiger partial charge >= 0.3 is 0 Å². The van der Waals surface area contributed by atoms with Crippen molar-refractivity contribution in [3.05, 3.63) is 23.3 Å². The molecule has 0 heterocycles. The third-order valence-corrected chi connectivity index (χ3v) is 1.76. The van der Waals surface area contributed by atoms with Gasteiger partial charge in [0.2, 0.25) is 0 Å². The minimum Gasteiger partial charge on any atom is -0.397 e. The monoisotopic (exact) mass is 175 g/mol. The topological polar surface area (TPSA) is 78.1 Å². The molecule has 1 aromatic carbocycles. The normalized spacial score (nSPS) is 9.08. The van der Waals surface area contributed by atoms with E-state index in [1.807, 2.05) is 13.0 Å². The lowest BCUT2D eigenvalue weighted by atomic mass is 10.1. The fourth-order valence-electron chi connectivity index (χ4n) is 1.03. The van der Waals surface area contributed by atoms with E-state index in [1.54, 1.807) is 6.07 Å². The molecular formula is C10H13N3. The van der Waals surface area contributed by atoms with Gasteiger partial charge in [-0.3, -0.25) is 0 Å². The second-order valence-electron chi connectivity index (χ2n) is 2.80. The van der Waals surface area contributed by atoms with Crippen LogP contribution in [0.2, 0.25) is 0 Å². The van der Waals surface area contributed by atoms with Gasteiger partial charge in [-0.25, -0.2) is 0 Å². The zero-order valence-corrected chi connectivity index (χ0v) is 7.59. The first-order valence-electron chi connectivity index (χ1n) is 3.99. The molecule has 1 aromatic rings. The number of hydrogen-bond acceptors (Lipinski definition) is 3. The molecule has 0 amide bonds. The minimum absolute atomic E-state index is 0.351. The van der Waals surface area contributed by atoms with Crippen LogP contribution in [0.4, 0.5) is 11.4 Å². The maximum Gasteiger partial charge on any atom is 0.0560 e. The van der Waals surface area contributed by atoms with E-state index >= 15 is 0 Å². The molecule has 13 heavy (non-hydrogen) atoms. The average molecular weight is 175 g/mol. The third-order valence-electron chi connectivity index (χ3n) is 1.76. The molecule has 0 saturated carbocycles. The summed E-state index contributed by atoms with van der Waals surface area (Å²) < 4.78 is 0. The van der Waals surface area contributed by atoms with Crippen molar-refractivity contribution in [1.29, 1.82) is 0 Å². The largest absolute Gasteiger partial charge is 0.397 e. The summed E-state index contributed by atoms with van der Waals surface area (Å²) in [6.45, 7) is 2.29. The van der Waals surface area contributed by atoms with Gasteiger partial charge in [-0.2, -0.15) is 0 Å². The molecule has 0 aliphatic carbocycles. The summed E-state index contributed by atoms with van der Waals surface area (Å²) in [5.74, 6) is 5.70. The summed E-state index contributed by atoms with van der Waals surface area (Å²) in [6.07, 6.45) is 0. The molecule has 0 aliphatic heterocycles. The van der Waals surface area contributed by atoms with Crippen LogP contribution >= 0.6 is 0 Å². The summed E-state index contributed by atoms with van der Waals surface area (Å²) >= 11 is 0. The van der Waals surface area contributed by atoms with Crippen molar-refractivity contribution in [2.45, 2.75) is 6.92 Å². The molecule has 0 atom stereocenters. The third kappa shape index (κ3) is 2.14. The number of anilines is 2. The predicted octanol–water partition coefficient (Wildman–Crippen LogP) is 0.470. The second kappa shape index (κ2) is 3.83. The Bertz CT molecular complexity index is 372. The first-order chi connectivity index (χ1) is 6.15. The van der Waals surface area contributed by atoms with E-state index in [2.05, 4.69) is 11.8 Å². The molecule has 68 valence electrons. The second-order valence-corrected chi connectivity index (χ2v) is 2.80. The Kier molecular flexibility index (Phi) is 2.78. The molecule has 6 N–H and O–H groups in total. The van der Waals surface area contributed by atoms with E-state index in [-0.39, 0.29) is 0 Å². The van der Waals surface area contributed by atoms with Crippen LogP contribution in [0.5, 0.6) is 0 Å². The van der Waals surface area contributed by atoms with Crippen molar-refractivity contribution >= 4 is 11.4 Å². The molecule has 0 radical (unpaired) electrons. The lowest BCUT2D eigenvalue weighted by Gasteiger charge is -2.03. The molecule has 1 rings (SSSR count). The van der Waals surface area contributed by atoms with E-state index in [4.69, 9.17) is 17.2 Å². The van der Waals surface area contributed by atoms with Crippen molar-refractivity contribution in [2.75, 3.05) is 18.0 Å². The van der Waals surface area contributed by atoms with Crippen LogP contribution in [0.1, 0.15) is 11.1 Å². The van der Waals surface area contributed by atoms with E-state index in [0.717, 1.165) is 11.1 Å². The van der Waals surface area contributed by atoms with Gasteiger partial charge in [-0.05, 0) is 24.6 Å². The standard InChI is InChI=1S/C10H13N3/c1-7-5-9(12)10(13)6-8(7)3-2-4-11/h5-6H,4,11-13H2,1H3. The summed E-state index contributed by atoms with van der Waals surface area (Å²) in [6, 6.07) is 3.59. The Morgan fingerprint density at radius 1 is 1.23 bits per heavy atom. The van der Waals surface area contributed by atoms with Crippen molar-refractivity contribution in [2.24, 2.45) is 5.73 Å². The zero-order chi connectivity index (χ0) is 9.84. The van der Waals surface area contributed by atoms with Gasteiger partial charge in [0.25, 0.3) is 0 Å². The van der Waals surface area contributed by atoms with E-state index in [1.165, 1.54) is 0 Å². The zero-order valence-electron chi connectivity index (χ0n) is 7.59. The highest BCUT2D eigenvalue weighted by atomic mass is 14.7. The summed E-state index contributed by atoms with van der Waals surface area (Å²) in [5.41, 5.74) is 19.6. The number of aryl methyl sites for hydroxylation is 1. The van der Waals surface area contributed by atoms with Crippen LogP contribution in [0.3, 0.4) is 0 Å². The highest BCUT2D eigenvalue weighted by Gasteiger charge is 1.99. The molecule has 3 heteroatoms. The molecule has 0 aliphatic rings. The molecule has 0 spiro atoms. The molecule has 0 aromatic heterocycles. The lowest BCUT2D eigenvalue weighted by molar-refractivity contribution is 1.30. The smallest absolute Gasteiger partial charge is 0.0560 e. The van der Waals surface area contributed by atoms with Crippen LogP contribution in [0.25, 0.3) is 0 Å². The first-order valence-corrected chi connectivity index (χ1v) is 3.99. The minimum atomic E-state index is 0.351. The number of nitrogen functional groups attached to an aromatic ring is 2. The van der Waals surface area contributed by atoms with Gasteiger partial charge in [-0.15, -0.1) is 0 Å². The fraction of sp³-hybridized carbons (Fsp3) is 0.200. The van der Waals surface area contributed by atoms with Gasteiger partial charge in [0.1, 0.15) is 0 Å². The fourth-order valence-corrected chi connectivity index (χ4v) is 1.03. The van der Waals surface area contributed by atoms with E-state index < -0.39 is 0 Å². The first kappa shape index (κ1) is 9.43. The Balaban J connectivity index is 3.16. The van der Waals surface area contributed by atoms with Crippen molar-refractivity contribution in [1.82, 2.24) is 0 Å². The molecule has 0 saturated heterocycles. The molecule has 0 fully saturated rings. The van der Waals surface area contributed by atoms with Crippen LogP contribution in [-0.4, -0.2) is 6.54 Å². The van der Waals surface area contributed by atoms with Crippen LogP contribution in [-0.2, 0) is 0 Å². The van der Waals surface area contributed by atoms with Gasteiger partial charge in [0.15, 0.2) is 0 Å². The number of nitrogens with two attached hydrogens (primary N) is 3. The van der Waals surface area contributed by atoms with Gasteiger partial charge < -0.3 is 17.2 Å². The summed E-state index contributed by atoms with van der Waals surface area (Å²) in [4.78, 5) is 0.